The third-order valence-electron chi connectivity index (χ3n) is 4.29. The molecule has 0 bridgehead atoms. The normalized spacial score (nSPS) is 22.2. The Balaban J connectivity index is 1.96. The van der Waals surface area contributed by atoms with Gasteiger partial charge in [0.2, 0.25) is 0 Å². The summed E-state index contributed by atoms with van der Waals surface area (Å²) in [6, 6.07) is 6.59. The van der Waals surface area contributed by atoms with E-state index in [0.29, 0.717) is 0 Å². The van der Waals surface area contributed by atoms with Crippen LogP contribution in [-0.4, -0.2) is 18.9 Å². The first kappa shape index (κ1) is 16.7. The van der Waals surface area contributed by atoms with E-state index in [2.05, 4.69) is 49.1 Å². The highest BCUT2D eigenvalue weighted by atomic mass is 32.2. The Kier molecular flexibility index (Phi) is 6.91. The standard InChI is InChI=1S/C18H29NOS/c1-4-19-12-15-8-9-18(20-3)16(11-15)13-21-17-7-5-6-14(2)10-17/h8-9,11,14,17,19H,4-7,10,12-13H2,1-3H3. The molecule has 118 valence electrons. The van der Waals surface area contributed by atoms with Crippen molar-refractivity contribution < 1.29 is 4.74 Å². The molecule has 2 unspecified atom stereocenters. The quantitative estimate of drug-likeness (QED) is 0.794. The first-order valence-electron chi connectivity index (χ1n) is 8.21. The smallest absolute Gasteiger partial charge is 0.122 e. The summed E-state index contributed by atoms with van der Waals surface area (Å²) in [6.07, 6.45) is 5.58. The van der Waals surface area contributed by atoms with E-state index >= 15 is 0 Å². The zero-order valence-corrected chi connectivity index (χ0v) is 14.5. The fraction of sp³-hybridized carbons (Fsp3) is 0.667. The van der Waals surface area contributed by atoms with Gasteiger partial charge in [-0.2, -0.15) is 11.8 Å². The summed E-state index contributed by atoms with van der Waals surface area (Å²) in [5, 5.41) is 4.22. The number of thioether (sulfide) groups is 1. The molecule has 0 spiro atoms. The number of nitrogens with one attached hydrogen (secondary N) is 1. The molecule has 1 N–H and O–H groups in total. The summed E-state index contributed by atoms with van der Waals surface area (Å²) in [7, 11) is 1.77. The fourth-order valence-electron chi connectivity index (χ4n) is 3.06. The van der Waals surface area contributed by atoms with Gasteiger partial charge in [-0.3, -0.25) is 0 Å². The molecule has 1 aromatic carbocycles. The van der Waals surface area contributed by atoms with Gasteiger partial charge in [0.05, 0.1) is 7.11 Å². The van der Waals surface area contributed by atoms with Gasteiger partial charge in [-0.1, -0.05) is 32.8 Å². The third-order valence-corrected chi connectivity index (χ3v) is 5.66. The van der Waals surface area contributed by atoms with E-state index in [9.17, 15) is 0 Å². The Labute approximate surface area is 134 Å². The molecule has 0 radical (unpaired) electrons. The predicted molar refractivity (Wildman–Crippen MR) is 93.1 cm³/mol. The molecular formula is C18H29NOS. The third kappa shape index (κ3) is 5.23. The van der Waals surface area contributed by atoms with Gasteiger partial charge in [-0.15, -0.1) is 0 Å². The summed E-state index contributed by atoms with van der Waals surface area (Å²) >= 11 is 2.12. The van der Waals surface area contributed by atoms with Crippen LogP contribution in [0.25, 0.3) is 0 Å². The van der Waals surface area contributed by atoms with E-state index in [1.165, 1.54) is 36.8 Å². The number of ether oxygens (including phenoxy) is 1. The lowest BCUT2D eigenvalue weighted by atomic mass is 9.91. The number of rotatable bonds is 7. The molecule has 0 heterocycles. The van der Waals surface area contributed by atoms with E-state index < -0.39 is 0 Å². The van der Waals surface area contributed by atoms with Crippen molar-refractivity contribution in [2.75, 3.05) is 13.7 Å². The van der Waals surface area contributed by atoms with Crippen molar-refractivity contribution >= 4 is 11.8 Å². The lowest BCUT2D eigenvalue weighted by Crippen LogP contribution is -2.15. The van der Waals surface area contributed by atoms with Crippen molar-refractivity contribution in [1.29, 1.82) is 0 Å². The molecule has 2 rings (SSSR count). The summed E-state index contributed by atoms with van der Waals surface area (Å²) in [5.74, 6) is 3.01. The molecule has 1 aromatic rings. The van der Waals surface area contributed by atoms with Crippen LogP contribution < -0.4 is 10.1 Å². The topological polar surface area (TPSA) is 21.3 Å². The van der Waals surface area contributed by atoms with Gasteiger partial charge in [0.15, 0.2) is 0 Å². The minimum Gasteiger partial charge on any atom is -0.496 e. The van der Waals surface area contributed by atoms with E-state index in [4.69, 9.17) is 4.74 Å². The lowest BCUT2D eigenvalue weighted by molar-refractivity contribution is 0.394. The molecular weight excluding hydrogens is 278 g/mol. The zero-order valence-electron chi connectivity index (χ0n) is 13.7. The molecule has 1 saturated carbocycles. The monoisotopic (exact) mass is 307 g/mol. The molecule has 2 nitrogen and oxygen atoms in total. The van der Waals surface area contributed by atoms with Crippen LogP contribution in [0.3, 0.4) is 0 Å². The van der Waals surface area contributed by atoms with Crippen molar-refractivity contribution in [3.63, 3.8) is 0 Å². The highest BCUT2D eigenvalue weighted by Crippen LogP contribution is 2.35. The molecule has 21 heavy (non-hydrogen) atoms. The maximum Gasteiger partial charge on any atom is 0.122 e. The second-order valence-electron chi connectivity index (χ2n) is 6.13. The highest BCUT2D eigenvalue weighted by molar-refractivity contribution is 7.99. The van der Waals surface area contributed by atoms with Gasteiger partial charge in [0.1, 0.15) is 5.75 Å². The Morgan fingerprint density at radius 3 is 2.90 bits per heavy atom. The van der Waals surface area contributed by atoms with Crippen LogP contribution in [0, 0.1) is 5.92 Å². The molecule has 0 saturated heterocycles. The fourth-order valence-corrected chi connectivity index (χ4v) is 4.50. The average Bonchev–Trinajstić information content (AvgIpc) is 2.51. The van der Waals surface area contributed by atoms with Gasteiger partial charge in [-0.05, 0) is 43.0 Å². The average molecular weight is 308 g/mol. The highest BCUT2D eigenvalue weighted by Gasteiger charge is 2.19. The van der Waals surface area contributed by atoms with Crippen molar-refractivity contribution in [2.24, 2.45) is 5.92 Å². The first-order chi connectivity index (χ1) is 10.2. The molecule has 0 aliphatic heterocycles. The molecule has 0 aromatic heterocycles. The lowest BCUT2D eigenvalue weighted by Gasteiger charge is -2.26. The predicted octanol–water partition coefficient (Wildman–Crippen LogP) is 4.62. The van der Waals surface area contributed by atoms with Crippen LogP contribution >= 0.6 is 11.8 Å². The minimum absolute atomic E-state index is 0.830. The maximum atomic E-state index is 5.53. The number of hydrogen-bond acceptors (Lipinski definition) is 3. The van der Waals surface area contributed by atoms with Gasteiger partial charge in [0, 0.05) is 23.1 Å². The Morgan fingerprint density at radius 2 is 2.19 bits per heavy atom. The second-order valence-corrected chi connectivity index (χ2v) is 7.42. The van der Waals surface area contributed by atoms with Crippen molar-refractivity contribution in [3.05, 3.63) is 29.3 Å². The minimum atomic E-state index is 0.830. The van der Waals surface area contributed by atoms with Gasteiger partial charge in [-0.25, -0.2) is 0 Å². The summed E-state index contributed by atoms with van der Waals surface area (Å²) in [5.41, 5.74) is 2.70. The molecule has 1 aliphatic carbocycles. The van der Waals surface area contributed by atoms with Crippen LogP contribution in [0.4, 0.5) is 0 Å². The Bertz CT molecular complexity index is 435. The summed E-state index contributed by atoms with van der Waals surface area (Å²) < 4.78 is 5.53. The van der Waals surface area contributed by atoms with Crippen LogP contribution in [0.2, 0.25) is 0 Å². The van der Waals surface area contributed by atoms with Gasteiger partial charge in [0.25, 0.3) is 0 Å². The van der Waals surface area contributed by atoms with E-state index in [1.807, 2.05) is 0 Å². The number of methoxy groups -OCH3 is 1. The molecule has 1 aliphatic rings. The zero-order chi connectivity index (χ0) is 15.1. The maximum absolute atomic E-state index is 5.53. The molecule has 0 amide bonds. The van der Waals surface area contributed by atoms with Crippen molar-refractivity contribution in [3.8, 4) is 5.75 Å². The van der Waals surface area contributed by atoms with Gasteiger partial charge >= 0.3 is 0 Å². The molecule has 3 heteroatoms. The summed E-state index contributed by atoms with van der Waals surface area (Å²) in [6.45, 7) is 6.49. The second kappa shape index (κ2) is 8.70. The molecule has 2 atom stereocenters. The number of benzene rings is 1. The van der Waals surface area contributed by atoms with Crippen molar-refractivity contribution in [1.82, 2.24) is 5.32 Å². The Hall–Kier alpha value is -0.670. The van der Waals surface area contributed by atoms with E-state index in [1.54, 1.807) is 7.11 Å². The van der Waals surface area contributed by atoms with E-state index in [0.717, 1.165) is 35.8 Å². The Morgan fingerprint density at radius 1 is 1.33 bits per heavy atom. The first-order valence-corrected chi connectivity index (χ1v) is 9.26. The molecule has 1 fully saturated rings. The van der Waals surface area contributed by atoms with Gasteiger partial charge < -0.3 is 10.1 Å². The summed E-state index contributed by atoms with van der Waals surface area (Å²) in [4.78, 5) is 0. The van der Waals surface area contributed by atoms with Crippen molar-refractivity contribution in [2.45, 2.75) is 57.1 Å². The SMILES string of the molecule is CCNCc1ccc(OC)c(CSC2CCCC(C)C2)c1. The number of hydrogen-bond donors (Lipinski definition) is 1. The van der Waals surface area contributed by atoms with Crippen LogP contribution in [0.1, 0.15) is 50.7 Å². The van der Waals surface area contributed by atoms with Crippen LogP contribution in [-0.2, 0) is 12.3 Å². The van der Waals surface area contributed by atoms with Crippen LogP contribution in [0.5, 0.6) is 5.75 Å². The van der Waals surface area contributed by atoms with Crippen LogP contribution in [0.15, 0.2) is 18.2 Å². The van der Waals surface area contributed by atoms with E-state index in [-0.39, 0.29) is 0 Å². The largest absolute Gasteiger partial charge is 0.496 e.